The summed E-state index contributed by atoms with van der Waals surface area (Å²) in [6, 6.07) is 8.45. The van der Waals surface area contributed by atoms with Crippen LogP contribution in [0.5, 0.6) is 0 Å². The van der Waals surface area contributed by atoms with Crippen molar-refractivity contribution < 1.29 is 23.9 Å². The molecule has 1 N–H and O–H groups in total. The molecule has 3 rings (SSSR count). The molecule has 5 atom stereocenters. The number of benzene rings is 1. The number of carbonyl (C=O) groups is 3. The van der Waals surface area contributed by atoms with Crippen LogP contribution in [0.4, 0.5) is 0 Å². The van der Waals surface area contributed by atoms with Crippen molar-refractivity contribution in [1.29, 1.82) is 0 Å². The molecule has 1 saturated heterocycles. The summed E-state index contributed by atoms with van der Waals surface area (Å²) in [5, 5.41) is 3.37. The van der Waals surface area contributed by atoms with E-state index in [1.54, 1.807) is 0 Å². The third-order valence-corrected chi connectivity index (χ3v) is 12.0. The fraction of sp³-hybridized carbons (Fsp3) is 0.809. The molecule has 1 aromatic rings. The van der Waals surface area contributed by atoms with Gasteiger partial charge in [-0.1, -0.05) is 179 Å². The Bertz CT molecular complexity index is 1130. The summed E-state index contributed by atoms with van der Waals surface area (Å²) in [7, 11) is 0. The van der Waals surface area contributed by atoms with Gasteiger partial charge < -0.3 is 14.4 Å². The van der Waals surface area contributed by atoms with E-state index in [2.05, 4.69) is 31.3 Å². The van der Waals surface area contributed by atoms with Gasteiger partial charge in [0.05, 0.1) is 19.3 Å². The van der Waals surface area contributed by atoms with Crippen LogP contribution in [-0.4, -0.2) is 60.1 Å². The van der Waals surface area contributed by atoms with Crippen molar-refractivity contribution in [3.05, 3.63) is 35.9 Å². The van der Waals surface area contributed by atoms with Crippen molar-refractivity contribution >= 4 is 17.8 Å². The second kappa shape index (κ2) is 28.9. The fourth-order valence-corrected chi connectivity index (χ4v) is 8.71. The fourth-order valence-electron chi connectivity index (χ4n) is 8.71. The molecule has 0 aromatic heterocycles. The number of esters is 2. The zero-order valence-corrected chi connectivity index (χ0v) is 35.0. The van der Waals surface area contributed by atoms with Gasteiger partial charge >= 0.3 is 11.9 Å². The number of rotatable bonds is 32. The summed E-state index contributed by atoms with van der Waals surface area (Å²) >= 11 is 0. The third kappa shape index (κ3) is 18.0. The molecular formula is C47H80N2O5. The Morgan fingerprint density at radius 3 is 1.72 bits per heavy atom. The van der Waals surface area contributed by atoms with Gasteiger partial charge in [0.25, 0.3) is 0 Å². The quantitative estimate of drug-likeness (QED) is 0.0583. The predicted octanol–water partition coefficient (Wildman–Crippen LogP) is 11.4. The number of amides is 1. The molecule has 2 aliphatic rings. The van der Waals surface area contributed by atoms with Crippen molar-refractivity contribution in [2.24, 2.45) is 5.92 Å². The van der Waals surface area contributed by atoms with E-state index in [4.69, 9.17) is 9.47 Å². The number of aryl methyl sites for hydroxylation is 1. The highest BCUT2D eigenvalue weighted by atomic mass is 16.5. The number of fused-ring (bicyclic) bond motifs is 1. The molecule has 2 fully saturated rings. The topological polar surface area (TPSA) is 84.9 Å². The number of unbranched alkanes of at least 4 members (excludes halogenated alkanes) is 20. The van der Waals surface area contributed by atoms with E-state index in [-0.39, 0.29) is 23.9 Å². The van der Waals surface area contributed by atoms with E-state index in [9.17, 15) is 14.4 Å². The molecule has 54 heavy (non-hydrogen) atoms. The number of ether oxygens (including phenoxy) is 2. The van der Waals surface area contributed by atoms with Crippen molar-refractivity contribution in [2.75, 3.05) is 13.2 Å². The zero-order valence-electron chi connectivity index (χ0n) is 35.0. The second-order valence-electron chi connectivity index (χ2n) is 16.6. The smallest absolute Gasteiger partial charge is 0.328 e. The van der Waals surface area contributed by atoms with Gasteiger partial charge in [-0.2, -0.15) is 0 Å². The van der Waals surface area contributed by atoms with E-state index in [0.29, 0.717) is 38.4 Å². The van der Waals surface area contributed by atoms with Gasteiger partial charge in [-0.25, -0.2) is 4.79 Å². The van der Waals surface area contributed by atoms with Crippen LogP contribution in [0.3, 0.4) is 0 Å². The van der Waals surface area contributed by atoms with Gasteiger partial charge in [-0.05, 0) is 63.4 Å². The third-order valence-electron chi connectivity index (χ3n) is 12.0. The molecule has 1 saturated carbocycles. The van der Waals surface area contributed by atoms with Crippen molar-refractivity contribution in [3.8, 4) is 0 Å². The van der Waals surface area contributed by atoms with Crippen molar-refractivity contribution in [2.45, 2.75) is 225 Å². The molecule has 0 radical (unpaired) electrons. The summed E-state index contributed by atoms with van der Waals surface area (Å²) in [5.74, 6) is -0.327. The molecule has 0 bridgehead atoms. The minimum absolute atomic E-state index is 0.0676. The lowest BCUT2D eigenvalue weighted by molar-refractivity contribution is -0.156. The minimum Gasteiger partial charge on any atom is -0.465 e. The number of hydrogen-bond donors (Lipinski definition) is 1. The van der Waals surface area contributed by atoms with Crippen LogP contribution < -0.4 is 5.32 Å². The average molecular weight is 753 g/mol. The lowest BCUT2D eigenvalue weighted by atomic mass is 10.0. The molecule has 7 heteroatoms. The first-order valence-corrected chi connectivity index (χ1v) is 22.9. The lowest BCUT2D eigenvalue weighted by Gasteiger charge is -2.32. The van der Waals surface area contributed by atoms with Gasteiger partial charge in [0.2, 0.25) is 5.91 Å². The van der Waals surface area contributed by atoms with Crippen LogP contribution in [0, 0.1) is 5.92 Å². The Kier molecular flexibility index (Phi) is 24.6. The summed E-state index contributed by atoms with van der Waals surface area (Å²) in [5.41, 5.74) is 1.15. The summed E-state index contributed by atoms with van der Waals surface area (Å²) in [4.78, 5) is 42.8. The summed E-state index contributed by atoms with van der Waals surface area (Å²) < 4.78 is 11.6. The minimum atomic E-state index is -0.623. The molecule has 1 aromatic carbocycles. The lowest BCUT2D eigenvalue weighted by Crippen LogP contribution is -2.55. The standard InChI is InChI=1S/C47H80N2O5/c1-4-6-8-10-12-13-14-15-16-17-18-19-20-21-23-27-36-53-46(51)42(35-34-40-30-25-24-26-31-40)48-39(3)45(50)49-43-33-29-32-41(43)38-44(49)47(52)54-37-28-22-11-9-7-5-2/h24-26,30-31,39,41-44,48H,4-23,27-29,32-38H2,1-3H3/t39-,41-,42-,43-,44-/m0/s1. The summed E-state index contributed by atoms with van der Waals surface area (Å²) in [6.07, 6.45) is 32.6. The molecule has 308 valence electrons. The first kappa shape index (κ1) is 46.0. The Balaban J connectivity index is 1.40. The van der Waals surface area contributed by atoms with Gasteiger partial charge in [-0.3, -0.25) is 14.9 Å². The Hall–Kier alpha value is -2.41. The van der Waals surface area contributed by atoms with Crippen molar-refractivity contribution in [1.82, 2.24) is 10.2 Å². The average Bonchev–Trinajstić information content (AvgIpc) is 3.79. The maximum Gasteiger partial charge on any atom is 0.328 e. The first-order chi connectivity index (χ1) is 26.5. The van der Waals surface area contributed by atoms with E-state index in [1.165, 1.54) is 116 Å². The van der Waals surface area contributed by atoms with Crippen LogP contribution in [0.25, 0.3) is 0 Å². The Morgan fingerprint density at radius 2 is 1.19 bits per heavy atom. The SMILES string of the molecule is CCCCCCCCCCCCCCCCCCOC(=O)[C@H](CCc1ccccc1)N[C@@H](C)C(=O)N1[C@H](C(=O)OCCCCCCCC)C[C@@H]2CCC[C@@H]21. The maximum atomic E-state index is 14.1. The molecule has 0 spiro atoms. The van der Waals surface area contributed by atoms with Crippen LogP contribution >= 0.6 is 0 Å². The number of likely N-dealkylation sites (tertiary alicyclic amines) is 1. The van der Waals surface area contributed by atoms with Gasteiger partial charge in [0, 0.05) is 6.04 Å². The first-order valence-electron chi connectivity index (χ1n) is 22.9. The maximum absolute atomic E-state index is 14.1. The number of nitrogens with one attached hydrogen (secondary N) is 1. The van der Waals surface area contributed by atoms with Gasteiger partial charge in [0.1, 0.15) is 12.1 Å². The van der Waals surface area contributed by atoms with Crippen LogP contribution in [0.1, 0.15) is 200 Å². The normalized spacial score (nSPS) is 19.1. The number of carbonyl (C=O) groups excluding carboxylic acids is 3. The predicted molar refractivity (Wildman–Crippen MR) is 222 cm³/mol. The van der Waals surface area contributed by atoms with Crippen LogP contribution in [0.15, 0.2) is 30.3 Å². The van der Waals surface area contributed by atoms with Crippen LogP contribution in [0.2, 0.25) is 0 Å². The van der Waals surface area contributed by atoms with E-state index in [0.717, 1.165) is 50.5 Å². The van der Waals surface area contributed by atoms with Crippen molar-refractivity contribution in [3.63, 3.8) is 0 Å². The second-order valence-corrected chi connectivity index (χ2v) is 16.6. The highest BCUT2D eigenvalue weighted by Crippen LogP contribution is 2.42. The number of nitrogens with zero attached hydrogens (tertiary/aromatic N) is 1. The summed E-state index contributed by atoms with van der Waals surface area (Å²) in [6.45, 7) is 7.15. The zero-order chi connectivity index (χ0) is 38.6. The van der Waals surface area contributed by atoms with Gasteiger partial charge in [0.15, 0.2) is 0 Å². The Labute approximate surface area is 330 Å². The highest BCUT2D eigenvalue weighted by Gasteiger charge is 2.50. The van der Waals surface area contributed by atoms with E-state index in [1.807, 2.05) is 30.0 Å². The molecule has 1 heterocycles. The highest BCUT2D eigenvalue weighted by molar-refractivity contribution is 5.89. The Morgan fingerprint density at radius 1 is 0.685 bits per heavy atom. The van der Waals surface area contributed by atoms with E-state index >= 15 is 0 Å². The van der Waals surface area contributed by atoms with Crippen LogP contribution in [-0.2, 0) is 30.3 Å². The molecule has 1 aliphatic carbocycles. The molecule has 0 unspecified atom stereocenters. The van der Waals surface area contributed by atoms with E-state index < -0.39 is 18.1 Å². The number of hydrogen-bond acceptors (Lipinski definition) is 6. The molecule has 7 nitrogen and oxygen atoms in total. The monoisotopic (exact) mass is 753 g/mol. The largest absolute Gasteiger partial charge is 0.465 e. The molecule has 1 amide bonds. The van der Waals surface area contributed by atoms with Gasteiger partial charge in [-0.15, -0.1) is 0 Å². The molecular weight excluding hydrogens is 673 g/mol. The molecule has 1 aliphatic heterocycles.